The van der Waals surface area contributed by atoms with E-state index in [-0.39, 0.29) is 16.0 Å². The molecule has 5 nitrogen and oxygen atoms in total. The Morgan fingerprint density at radius 1 is 1.16 bits per heavy atom. The molecule has 1 N–H and O–H groups in total. The van der Waals surface area contributed by atoms with Gasteiger partial charge in [0.25, 0.3) is 0 Å². The minimum Gasteiger partial charge on any atom is -0.480 e. The average molecular weight is 361 g/mol. The molecule has 0 saturated heterocycles. The highest BCUT2D eigenvalue weighted by Crippen LogP contribution is 2.32. The molecule has 0 spiro atoms. The molecule has 1 heterocycles. The number of benzene rings is 2. The maximum Gasteiger partial charge on any atom is 0.323 e. The molecule has 0 amide bonds. The van der Waals surface area contributed by atoms with Crippen molar-refractivity contribution in [3.63, 3.8) is 0 Å². The second kappa shape index (κ2) is 6.33. The van der Waals surface area contributed by atoms with E-state index >= 15 is 0 Å². The lowest BCUT2D eigenvalue weighted by atomic mass is 10.2. The molecule has 2 aromatic carbocycles. The first-order chi connectivity index (χ1) is 11.8. The van der Waals surface area contributed by atoms with Crippen LogP contribution in [-0.4, -0.2) is 24.1 Å². The molecule has 0 radical (unpaired) electrons. The van der Waals surface area contributed by atoms with E-state index in [1.807, 2.05) is 0 Å². The van der Waals surface area contributed by atoms with Gasteiger partial charge in [0.05, 0.1) is 16.2 Å². The molecule has 0 saturated carbocycles. The zero-order valence-corrected chi connectivity index (χ0v) is 14.3. The van der Waals surface area contributed by atoms with Crippen molar-refractivity contribution in [1.82, 2.24) is 4.57 Å². The fourth-order valence-corrected chi connectivity index (χ4v) is 4.86. The predicted molar refractivity (Wildman–Crippen MR) is 91.6 cm³/mol. The third kappa shape index (κ3) is 3.28. The molecule has 0 aliphatic carbocycles. The second-order valence-electron chi connectivity index (χ2n) is 5.80. The summed E-state index contributed by atoms with van der Waals surface area (Å²) in [7, 11) is -3.78. The first-order valence-corrected chi connectivity index (χ1v) is 9.21. The van der Waals surface area contributed by atoms with Gasteiger partial charge in [0.15, 0.2) is 9.84 Å². The summed E-state index contributed by atoms with van der Waals surface area (Å²) >= 11 is 0. The van der Waals surface area contributed by atoms with Gasteiger partial charge >= 0.3 is 5.97 Å². The van der Waals surface area contributed by atoms with Gasteiger partial charge in [0.1, 0.15) is 12.4 Å². The zero-order chi connectivity index (χ0) is 18.2. The van der Waals surface area contributed by atoms with Crippen molar-refractivity contribution in [2.75, 3.05) is 0 Å². The lowest BCUT2D eigenvalue weighted by molar-refractivity contribution is -0.137. The summed E-state index contributed by atoms with van der Waals surface area (Å²) in [5.41, 5.74) is 1.28. The van der Waals surface area contributed by atoms with Crippen LogP contribution in [0, 0.1) is 12.7 Å². The van der Waals surface area contributed by atoms with E-state index in [1.165, 1.54) is 16.7 Å². The van der Waals surface area contributed by atoms with Crippen LogP contribution in [0.2, 0.25) is 0 Å². The Balaban J connectivity index is 2.22. The molecule has 0 aliphatic rings. The largest absolute Gasteiger partial charge is 0.480 e. The van der Waals surface area contributed by atoms with Gasteiger partial charge in [-0.25, -0.2) is 12.8 Å². The van der Waals surface area contributed by atoms with Crippen LogP contribution in [0.3, 0.4) is 0 Å². The average Bonchev–Trinajstić information content (AvgIpc) is 2.79. The van der Waals surface area contributed by atoms with E-state index in [2.05, 4.69) is 0 Å². The maximum atomic E-state index is 13.7. The second-order valence-corrected chi connectivity index (χ2v) is 7.73. The molecular weight excluding hydrogens is 345 g/mol. The number of fused-ring (bicyclic) bond motifs is 1. The molecule has 0 bridgehead atoms. The molecule has 1 aromatic heterocycles. The lowest BCUT2D eigenvalue weighted by Gasteiger charge is -2.07. The summed E-state index contributed by atoms with van der Waals surface area (Å²) in [5, 5.41) is 9.31. The summed E-state index contributed by atoms with van der Waals surface area (Å²) in [4.78, 5) is 11.1. The molecule has 0 unspecified atom stereocenters. The number of nitrogens with zero attached hydrogens (tertiary/aromatic N) is 1. The van der Waals surface area contributed by atoms with Gasteiger partial charge in [0.2, 0.25) is 0 Å². The van der Waals surface area contributed by atoms with E-state index in [0.717, 1.165) is 6.07 Å². The van der Waals surface area contributed by atoms with Crippen LogP contribution in [0.1, 0.15) is 11.3 Å². The highest BCUT2D eigenvalue weighted by Gasteiger charge is 2.26. The number of halogens is 1. The van der Waals surface area contributed by atoms with Gasteiger partial charge in [-0.15, -0.1) is 0 Å². The topological polar surface area (TPSA) is 76.4 Å². The van der Waals surface area contributed by atoms with Crippen LogP contribution in [0.5, 0.6) is 0 Å². The van der Waals surface area contributed by atoms with Crippen molar-refractivity contribution >= 4 is 26.7 Å². The van der Waals surface area contributed by atoms with Crippen molar-refractivity contribution < 1.29 is 22.7 Å². The standard InChI is InChI=1S/C18H16FNO4S/c1-12-18(25(23,24)11-13-5-3-2-4-6-13)15-9-14(19)7-8-16(15)20(12)10-17(21)22/h2-9H,10-11H2,1H3,(H,21,22). The summed E-state index contributed by atoms with van der Waals surface area (Å²) in [6.45, 7) is 1.15. The minimum absolute atomic E-state index is 0.0212. The molecule has 0 fully saturated rings. The van der Waals surface area contributed by atoms with Crippen molar-refractivity contribution in [3.8, 4) is 0 Å². The highest BCUT2D eigenvalue weighted by molar-refractivity contribution is 7.91. The summed E-state index contributed by atoms with van der Waals surface area (Å²) in [6.07, 6.45) is 0. The summed E-state index contributed by atoms with van der Waals surface area (Å²) < 4.78 is 41.0. The Morgan fingerprint density at radius 2 is 1.84 bits per heavy atom. The Labute approximate surface area is 144 Å². The molecular formula is C18H16FNO4S. The summed E-state index contributed by atoms with van der Waals surface area (Å²) in [5.74, 6) is -1.91. The number of sulfone groups is 1. The predicted octanol–water partition coefficient (Wildman–Crippen LogP) is 3.15. The molecule has 3 aromatic rings. The third-order valence-electron chi connectivity index (χ3n) is 4.03. The fraction of sp³-hybridized carbons (Fsp3) is 0.167. The minimum atomic E-state index is -3.78. The van der Waals surface area contributed by atoms with Crippen LogP contribution in [0.25, 0.3) is 10.9 Å². The van der Waals surface area contributed by atoms with Crippen molar-refractivity contribution in [2.24, 2.45) is 0 Å². The first kappa shape index (κ1) is 17.2. The molecule has 7 heteroatoms. The Hall–Kier alpha value is -2.67. The third-order valence-corrected chi connectivity index (χ3v) is 5.88. The maximum absolute atomic E-state index is 13.7. The Bertz CT molecular complexity index is 1060. The van der Waals surface area contributed by atoms with Crippen molar-refractivity contribution in [2.45, 2.75) is 24.1 Å². The first-order valence-electron chi connectivity index (χ1n) is 7.56. The van der Waals surface area contributed by atoms with Crippen LogP contribution in [0.15, 0.2) is 53.4 Å². The number of carboxylic acid groups (broad SMARTS) is 1. The fourth-order valence-electron chi connectivity index (χ4n) is 3.02. The van der Waals surface area contributed by atoms with Crippen molar-refractivity contribution in [3.05, 3.63) is 65.6 Å². The van der Waals surface area contributed by atoms with E-state index in [0.29, 0.717) is 16.8 Å². The van der Waals surface area contributed by atoms with E-state index in [9.17, 15) is 17.6 Å². The van der Waals surface area contributed by atoms with Crippen LogP contribution < -0.4 is 0 Å². The Kier molecular flexibility index (Phi) is 4.34. The van der Waals surface area contributed by atoms with Gasteiger partial charge in [-0.1, -0.05) is 30.3 Å². The molecule has 130 valence electrons. The number of hydrogen-bond acceptors (Lipinski definition) is 3. The van der Waals surface area contributed by atoms with Crippen LogP contribution in [0.4, 0.5) is 4.39 Å². The number of hydrogen-bond donors (Lipinski definition) is 1. The number of carbonyl (C=O) groups is 1. The molecule has 25 heavy (non-hydrogen) atoms. The number of carboxylic acids is 1. The molecule has 3 rings (SSSR count). The smallest absolute Gasteiger partial charge is 0.323 e. The summed E-state index contributed by atoms with van der Waals surface area (Å²) in [6, 6.07) is 12.4. The van der Waals surface area contributed by atoms with Crippen LogP contribution >= 0.6 is 0 Å². The zero-order valence-electron chi connectivity index (χ0n) is 13.4. The normalized spacial score (nSPS) is 11.8. The van der Waals surface area contributed by atoms with E-state index < -0.39 is 28.2 Å². The Morgan fingerprint density at radius 3 is 2.48 bits per heavy atom. The van der Waals surface area contributed by atoms with Gasteiger partial charge in [0, 0.05) is 11.1 Å². The number of aromatic nitrogens is 1. The van der Waals surface area contributed by atoms with Gasteiger partial charge in [-0.2, -0.15) is 0 Å². The quantitative estimate of drug-likeness (QED) is 0.757. The number of rotatable bonds is 5. The van der Waals surface area contributed by atoms with Crippen LogP contribution in [-0.2, 0) is 26.9 Å². The van der Waals surface area contributed by atoms with Gasteiger partial charge < -0.3 is 9.67 Å². The molecule has 0 atom stereocenters. The monoisotopic (exact) mass is 361 g/mol. The van der Waals surface area contributed by atoms with E-state index in [4.69, 9.17) is 5.11 Å². The highest BCUT2D eigenvalue weighted by atomic mass is 32.2. The van der Waals surface area contributed by atoms with Gasteiger partial charge in [-0.05, 0) is 30.7 Å². The lowest BCUT2D eigenvalue weighted by Crippen LogP contribution is -2.11. The van der Waals surface area contributed by atoms with Crippen molar-refractivity contribution in [1.29, 1.82) is 0 Å². The molecule has 0 aliphatic heterocycles. The number of aliphatic carboxylic acids is 1. The van der Waals surface area contributed by atoms with Gasteiger partial charge in [-0.3, -0.25) is 4.79 Å². The SMILES string of the molecule is Cc1c(S(=O)(=O)Cc2ccccc2)c2cc(F)ccc2n1CC(=O)O. The van der Waals surface area contributed by atoms with E-state index in [1.54, 1.807) is 37.3 Å².